The van der Waals surface area contributed by atoms with E-state index in [9.17, 15) is 5.11 Å². The van der Waals surface area contributed by atoms with E-state index in [-0.39, 0.29) is 11.8 Å². The van der Waals surface area contributed by atoms with E-state index in [1.807, 2.05) is 0 Å². The summed E-state index contributed by atoms with van der Waals surface area (Å²) < 4.78 is 0. The number of aliphatic hydroxyl groups excluding tert-OH is 1. The van der Waals surface area contributed by atoms with Crippen LogP contribution in [0.4, 0.5) is 0 Å². The van der Waals surface area contributed by atoms with Crippen LogP contribution in [-0.4, -0.2) is 22.6 Å². The lowest BCUT2D eigenvalue weighted by molar-refractivity contribution is 0.231. The zero-order valence-electron chi connectivity index (χ0n) is 12.1. The van der Waals surface area contributed by atoms with Gasteiger partial charge in [0.1, 0.15) is 5.76 Å². The van der Waals surface area contributed by atoms with Crippen LogP contribution in [0, 0.1) is 0 Å². The van der Waals surface area contributed by atoms with E-state index in [0.717, 1.165) is 37.1 Å². The molecule has 1 rings (SSSR count). The molecule has 0 aromatic carbocycles. The van der Waals surface area contributed by atoms with Gasteiger partial charge in [0.05, 0.1) is 6.04 Å². The molecule has 1 aliphatic heterocycles. The summed E-state index contributed by atoms with van der Waals surface area (Å²) in [5, 5.41) is 9.78. The lowest BCUT2D eigenvalue weighted by Crippen LogP contribution is -2.35. The predicted octanol–water partition coefficient (Wildman–Crippen LogP) is 4.50. The maximum Gasteiger partial charge on any atom is 0.108 e. The van der Waals surface area contributed by atoms with E-state index in [0.29, 0.717) is 0 Å². The highest BCUT2D eigenvalue weighted by Gasteiger charge is 2.20. The Bertz CT molecular complexity index is 415. The Balaban J connectivity index is 3.02. The van der Waals surface area contributed by atoms with Gasteiger partial charge in [-0.25, -0.2) is 0 Å². The smallest absolute Gasteiger partial charge is 0.108 e. The average Bonchev–Trinajstić information content (AvgIpc) is 2.41. The maximum atomic E-state index is 9.78. The molecule has 2 heteroatoms. The zero-order valence-corrected chi connectivity index (χ0v) is 12.1. The molecule has 2 nitrogen and oxygen atoms in total. The summed E-state index contributed by atoms with van der Waals surface area (Å²) in [5.74, 6) is 0.206. The molecule has 0 bridgehead atoms. The molecule has 1 atom stereocenters. The van der Waals surface area contributed by atoms with Crippen LogP contribution >= 0.6 is 0 Å². The van der Waals surface area contributed by atoms with Crippen LogP contribution in [0.25, 0.3) is 0 Å². The quantitative estimate of drug-likeness (QED) is 0.595. The molecule has 0 spiro atoms. The minimum absolute atomic E-state index is 0.0748. The second kappa shape index (κ2) is 7.67. The standard InChI is InChI=1S/C17H25NO/c1-5-17(16(4)19)18-13-11-9-7-6-8-10-12-14(2)15(18)3/h6,8-9,11-12,17,19H,3-5,7,10,13H2,1-2H3/b8-6-,11-9+,14-12+/t17-/m1/s1. The monoisotopic (exact) mass is 259 g/mol. The Morgan fingerprint density at radius 3 is 2.58 bits per heavy atom. The molecule has 0 fully saturated rings. The van der Waals surface area contributed by atoms with Gasteiger partial charge < -0.3 is 10.0 Å². The molecule has 0 unspecified atom stereocenters. The summed E-state index contributed by atoms with van der Waals surface area (Å²) in [6.07, 6.45) is 13.5. The number of aliphatic hydroxyl groups is 1. The fraction of sp³-hybridized carbons (Fsp3) is 0.412. The van der Waals surface area contributed by atoms with Gasteiger partial charge >= 0.3 is 0 Å². The van der Waals surface area contributed by atoms with Gasteiger partial charge in [-0.2, -0.15) is 0 Å². The molecule has 0 aliphatic carbocycles. The van der Waals surface area contributed by atoms with Gasteiger partial charge in [0, 0.05) is 12.2 Å². The van der Waals surface area contributed by atoms with Gasteiger partial charge in [-0.15, -0.1) is 0 Å². The van der Waals surface area contributed by atoms with E-state index in [1.54, 1.807) is 0 Å². The van der Waals surface area contributed by atoms with Crippen molar-refractivity contribution in [3.8, 4) is 0 Å². The molecular weight excluding hydrogens is 234 g/mol. The fourth-order valence-corrected chi connectivity index (χ4v) is 2.21. The van der Waals surface area contributed by atoms with E-state index in [4.69, 9.17) is 0 Å². The highest BCUT2D eigenvalue weighted by atomic mass is 16.3. The number of hydrogen-bond acceptors (Lipinski definition) is 2. The Labute approximate surface area is 117 Å². The van der Waals surface area contributed by atoms with Crippen LogP contribution in [-0.2, 0) is 0 Å². The predicted molar refractivity (Wildman–Crippen MR) is 83.0 cm³/mol. The van der Waals surface area contributed by atoms with Crippen LogP contribution in [0.15, 0.2) is 60.6 Å². The van der Waals surface area contributed by atoms with Crippen molar-refractivity contribution < 1.29 is 5.11 Å². The fourth-order valence-electron chi connectivity index (χ4n) is 2.21. The lowest BCUT2D eigenvalue weighted by atomic mass is 10.1. The molecule has 104 valence electrons. The molecule has 0 saturated heterocycles. The van der Waals surface area contributed by atoms with Crippen molar-refractivity contribution in [2.45, 2.75) is 39.2 Å². The zero-order chi connectivity index (χ0) is 14.3. The third kappa shape index (κ3) is 4.47. The van der Waals surface area contributed by atoms with Crippen molar-refractivity contribution in [1.82, 2.24) is 4.90 Å². The van der Waals surface area contributed by atoms with Crippen molar-refractivity contribution in [2.75, 3.05) is 6.54 Å². The first-order valence-electron chi connectivity index (χ1n) is 6.88. The molecular formula is C17H25NO. The molecule has 1 aliphatic rings. The summed E-state index contributed by atoms with van der Waals surface area (Å²) >= 11 is 0. The minimum Gasteiger partial charge on any atom is -0.511 e. The number of allylic oxidation sites excluding steroid dienone is 5. The Kier molecular flexibility index (Phi) is 6.20. The van der Waals surface area contributed by atoms with E-state index >= 15 is 0 Å². The van der Waals surface area contributed by atoms with Crippen LogP contribution in [0.2, 0.25) is 0 Å². The minimum atomic E-state index is -0.0748. The first-order valence-corrected chi connectivity index (χ1v) is 6.88. The largest absolute Gasteiger partial charge is 0.511 e. The summed E-state index contributed by atoms with van der Waals surface area (Å²) in [7, 11) is 0. The number of hydrogen-bond donors (Lipinski definition) is 1. The van der Waals surface area contributed by atoms with Crippen molar-refractivity contribution in [1.29, 1.82) is 0 Å². The Morgan fingerprint density at radius 2 is 1.95 bits per heavy atom. The highest BCUT2D eigenvalue weighted by Crippen LogP contribution is 2.22. The second-order valence-corrected chi connectivity index (χ2v) is 4.82. The van der Waals surface area contributed by atoms with E-state index in [1.165, 1.54) is 0 Å². The summed E-state index contributed by atoms with van der Waals surface area (Å²) in [6, 6.07) is -0.0748. The first kappa shape index (κ1) is 15.4. The van der Waals surface area contributed by atoms with E-state index in [2.05, 4.69) is 62.3 Å². The lowest BCUT2D eigenvalue weighted by Gasteiger charge is -2.33. The van der Waals surface area contributed by atoms with Gasteiger partial charge in [-0.1, -0.05) is 50.5 Å². The molecule has 0 amide bonds. The van der Waals surface area contributed by atoms with Gasteiger partial charge in [-0.05, 0) is 31.8 Å². The SMILES string of the molecule is C=C(O)[C@@H](CC)N1C/C=C/C/C=C\C/C=C(\C)C1=C. The average molecular weight is 259 g/mol. The van der Waals surface area contributed by atoms with Crippen molar-refractivity contribution in [3.63, 3.8) is 0 Å². The van der Waals surface area contributed by atoms with Crippen molar-refractivity contribution in [2.24, 2.45) is 0 Å². The summed E-state index contributed by atoms with van der Waals surface area (Å²) in [5.41, 5.74) is 2.11. The van der Waals surface area contributed by atoms with Crippen LogP contribution in [0.1, 0.15) is 33.1 Å². The molecule has 0 radical (unpaired) electrons. The van der Waals surface area contributed by atoms with Crippen LogP contribution < -0.4 is 0 Å². The summed E-state index contributed by atoms with van der Waals surface area (Å²) in [6.45, 7) is 12.7. The highest BCUT2D eigenvalue weighted by molar-refractivity contribution is 5.28. The normalized spacial score (nSPS) is 24.8. The number of rotatable bonds is 3. The molecule has 0 saturated carbocycles. The van der Waals surface area contributed by atoms with Gasteiger partial charge in [0.15, 0.2) is 0 Å². The van der Waals surface area contributed by atoms with Gasteiger partial charge in [0.25, 0.3) is 0 Å². The first-order chi connectivity index (χ1) is 9.07. The summed E-state index contributed by atoms with van der Waals surface area (Å²) in [4.78, 5) is 2.12. The van der Waals surface area contributed by atoms with Crippen molar-refractivity contribution in [3.05, 3.63) is 60.6 Å². The molecule has 19 heavy (non-hydrogen) atoms. The van der Waals surface area contributed by atoms with Gasteiger partial charge in [-0.3, -0.25) is 0 Å². The topological polar surface area (TPSA) is 23.5 Å². The maximum absolute atomic E-state index is 9.78. The Hall–Kier alpha value is -1.70. The molecule has 1 heterocycles. The molecule has 1 N–H and O–H groups in total. The number of nitrogens with zero attached hydrogens (tertiary/aromatic N) is 1. The Morgan fingerprint density at radius 1 is 1.32 bits per heavy atom. The molecule has 0 aromatic rings. The molecule has 0 aromatic heterocycles. The van der Waals surface area contributed by atoms with Gasteiger partial charge in [0.2, 0.25) is 0 Å². The van der Waals surface area contributed by atoms with E-state index < -0.39 is 0 Å². The third-order valence-electron chi connectivity index (χ3n) is 3.42. The van der Waals surface area contributed by atoms with Crippen LogP contribution in [0.5, 0.6) is 0 Å². The third-order valence-corrected chi connectivity index (χ3v) is 3.42. The van der Waals surface area contributed by atoms with Crippen molar-refractivity contribution >= 4 is 0 Å². The second-order valence-electron chi connectivity index (χ2n) is 4.82. The van der Waals surface area contributed by atoms with Crippen LogP contribution in [0.3, 0.4) is 0 Å².